The SMILES string of the molecule is CCC(=O)Nc1ccc(Cl)c(NC(=O)CCOc2ccc(C)cc2C)c1. The van der Waals surface area contributed by atoms with Crippen LogP contribution in [0.3, 0.4) is 0 Å². The summed E-state index contributed by atoms with van der Waals surface area (Å²) in [5, 5.41) is 5.89. The summed E-state index contributed by atoms with van der Waals surface area (Å²) in [5.74, 6) is 0.452. The Morgan fingerprint density at radius 2 is 1.81 bits per heavy atom. The highest BCUT2D eigenvalue weighted by atomic mass is 35.5. The smallest absolute Gasteiger partial charge is 0.227 e. The Balaban J connectivity index is 1.90. The molecule has 0 aromatic heterocycles. The zero-order chi connectivity index (χ0) is 19.1. The normalized spacial score (nSPS) is 10.3. The van der Waals surface area contributed by atoms with Gasteiger partial charge in [0.2, 0.25) is 11.8 Å². The van der Waals surface area contributed by atoms with E-state index in [0.29, 0.717) is 22.8 Å². The number of nitrogens with one attached hydrogen (secondary N) is 2. The summed E-state index contributed by atoms with van der Waals surface area (Å²) in [7, 11) is 0. The zero-order valence-electron chi connectivity index (χ0n) is 15.2. The second-order valence-electron chi connectivity index (χ2n) is 6.01. The van der Waals surface area contributed by atoms with E-state index in [-0.39, 0.29) is 24.8 Å². The van der Waals surface area contributed by atoms with Crippen molar-refractivity contribution in [1.29, 1.82) is 0 Å². The first kappa shape index (κ1) is 19.8. The topological polar surface area (TPSA) is 67.4 Å². The number of anilines is 2. The highest BCUT2D eigenvalue weighted by Crippen LogP contribution is 2.26. The molecule has 2 aromatic rings. The molecule has 0 saturated carbocycles. The Labute approximate surface area is 158 Å². The van der Waals surface area contributed by atoms with Crippen LogP contribution in [-0.4, -0.2) is 18.4 Å². The van der Waals surface area contributed by atoms with Crippen molar-refractivity contribution in [1.82, 2.24) is 0 Å². The maximum Gasteiger partial charge on any atom is 0.227 e. The van der Waals surface area contributed by atoms with Gasteiger partial charge in [0.15, 0.2) is 0 Å². The summed E-state index contributed by atoms with van der Waals surface area (Å²) >= 11 is 6.12. The molecule has 0 unspecified atom stereocenters. The lowest BCUT2D eigenvalue weighted by atomic mass is 10.1. The summed E-state index contributed by atoms with van der Waals surface area (Å²) in [6, 6.07) is 10.9. The van der Waals surface area contributed by atoms with Crippen LogP contribution in [0.2, 0.25) is 5.02 Å². The second kappa shape index (κ2) is 9.25. The van der Waals surface area contributed by atoms with Gasteiger partial charge in [-0.2, -0.15) is 0 Å². The van der Waals surface area contributed by atoms with E-state index < -0.39 is 0 Å². The van der Waals surface area contributed by atoms with E-state index in [9.17, 15) is 9.59 Å². The lowest BCUT2D eigenvalue weighted by Crippen LogP contribution is -2.16. The molecule has 0 aliphatic carbocycles. The van der Waals surface area contributed by atoms with Gasteiger partial charge in [0.25, 0.3) is 0 Å². The van der Waals surface area contributed by atoms with Gasteiger partial charge in [0.05, 0.1) is 23.7 Å². The lowest BCUT2D eigenvalue weighted by Gasteiger charge is -2.12. The van der Waals surface area contributed by atoms with E-state index in [4.69, 9.17) is 16.3 Å². The largest absolute Gasteiger partial charge is 0.493 e. The monoisotopic (exact) mass is 374 g/mol. The zero-order valence-corrected chi connectivity index (χ0v) is 15.9. The summed E-state index contributed by atoms with van der Waals surface area (Å²) < 4.78 is 5.67. The van der Waals surface area contributed by atoms with Gasteiger partial charge in [-0.1, -0.05) is 36.2 Å². The molecule has 0 aliphatic heterocycles. The highest BCUT2D eigenvalue weighted by Gasteiger charge is 2.09. The van der Waals surface area contributed by atoms with Crippen LogP contribution in [0.1, 0.15) is 30.9 Å². The number of hydrogen-bond acceptors (Lipinski definition) is 3. The number of hydrogen-bond donors (Lipinski definition) is 2. The fourth-order valence-electron chi connectivity index (χ4n) is 2.38. The Morgan fingerprint density at radius 1 is 1.04 bits per heavy atom. The first-order valence-corrected chi connectivity index (χ1v) is 8.86. The fraction of sp³-hybridized carbons (Fsp3) is 0.300. The Morgan fingerprint density at radius 3 is 2.50 bits per heavy atom. The second-order valence-corrected chi connectivity index (χ2v) is 6.42. The van der Waals surface area contributed by atoms with Crippen molar-refractivity contribution < 1.29 is 14.3 Å². The molecule has 0 radical (unpaired) electrons. The van der Waals surface area contributed by atoms with Gasteiger partial charge in [-0.3, -0.25) is 9.59 Å². The maximum absolute atomic E-state index is 12.1. The van der Waals surface area contributed by atoms with E-state index in [1.807, 2.05) is 32.0 Å². The summed E-state index contributed by atoms with van der Waals surface area (Å²) in [5.41, 5.74) is 3.24. The molecule has 2 aromatic carbocycles. The van der Waals surface area contributed by atoms with Crippen LogP contribution in [0.5, 0.6) is 5.75 Å². The van der Waals surface area contributed by atoms with Crippen LogP contribution in [0.4, 0.5) is 11.4 Å². The molecule has 0 fully saturated rings. The number of benzene rings is 2. The van der Waals surface area contributed by atoms with Crippen molar-refractivity contribution in [2.45, 2.75) is 33.6 Å². The number of ether oxygens (including phenoxy) is 1. The van der Waals surface area contributed by atoms with Crippen LogP contribution in [0.15, 0.2) is 36.4 Å². The summed E-state index contributed by atoms with van der Waals surface area (Å²) in [6.45, 7) is 6.02. The number of aryl methyl sites for hydroxylation is 2. The third-order valence-corrected chi connectivity index (χ3v) is 4.09. The first-order valence-electron chi connectivity index (χ1n) is 8.48. The third-order valence-electron chi connectivity index (χ3n) is 3.76. The molecule has 2 amide bonds. The maximum atomic E-state index is 12.1. The van der Waals surface area contributed by atoms with Crippen LogP contribution >= 0.6 is 11.6 Å². The number of halogens is 1. The molecular formula is C20H23ClN2O3. The average molecular weight is 375 g/mol. The van der Waals surface area contributed by atoms with E-state index in [2.05, 4.69) is 10.6 Å². The van der Waals surface area contributed by atoms with Crippen molar-refractivity contribution >= 4 is 34.8 Å². The molecule has 2 N–H and O–H groups in total. The van der Waals surface area contributed by atoms with Crippen LogP contribution in [-0.2, 0) is 9.59 Å². The van der Waals surface area contributed by atoms with Crippen molar-refractivity contribution in [3.05, 3.63) is 52.5 Å². The number of carbonyl (C=O) groups excluding carboxylic acids is 2. The molecule has 0 spiro atoms. The number of rotatable bonds is 7. The number of carbonyl (C=O) groups is 2. The van der Waals surface area contributed by atoms with Gasteiger partial charge in [-0.05, 0) is 43.7 Å². The number of amides is 2. The van der Waals surface area contributed by atoms with Crippen molar-refractivity contribution in [2.75, 3.05) is 17.2 Å². The molecule has 6 heteroatoms. The van der Waals surface area contributed by atoms with Gasteiger partial charge in [0, 0.05) is 12.1 Å². The van der Waals surface area contributed by atoms with Crippen LogP contribution < -0.4 is 15.4 Å². The standard InChI is InChI=1S/C20H23ClN2O3/c1-4-19(24)22-15-6-7-16(21)17(12-15)23-20(25)9-10-26-18-8-5-13(2)11-14(18)3/h5-8,11-12H,4,9-10H2,1-3H3,(H,22,24)(H,23,25). The van der Waals surface area contributed by atoms with Gasteiger partial charge in [-0.25, -0.2) is 0 Å². The summed E-state index contributed by atoms with van der Waals surface area (Å²) in [6.07, 6.45) is 0.565. The fourth-order valence-corrected chi connectivity index (χ4v) is 2.54. The third kappa shape index (κ3) is 5.77. The highest BCUT2D eigenvalue weighted by molar-refractivity contribution is 6.33. The van der Waals surface area contributed by atoms with E-state index in [1.165, 1.54) is 0 Å². The molecule has 5 nitrogen and oxygen atoms in total. The predicted molar refractivity (Wildman–Crippen MR) is 105 cm³/mol. The van der Waals surface area contributed by atoms with Gasteiger partial charge >= 0.3 is 0 Å². The summed E-state index contributed by atoms with van der Waals surface area (Å²) in [4.78, 5) is 23.6. The molecule has 2 rings (SSSR count). The Hall–Kier alpha value is -2.53. The van der Waals surface area contributed by atoms with Crippen molar-refractivity contribution in [2.24, 2.45) is 0 Å². The van der Waals surface area contributed by atoms with E-state index in [0.717, 1.165) is 16.9 Å². The Kier molecular flexibility index (Phi) is 7.04. The van der Waals surface area contributed by atoms with Crippen molar-refractivity contribution in [3.8, 4) is 5.75 Å². The molecule has 26 heavy (non-hydrogen) atoms. The van der Waals surface area contributed by atoms with Crippen LogP contribution in [0, 0.1) is 13.8 Å². The Bertz CT molecular complexity index is 806. The van der Waals surface area contributed by atoms with Crippen LogP contribution in [0.25, 0.3) is 0 Å². The molecule has 0 atom stereocenters. The van der Waals surface area contributed by atoms with E-state index >= 15 is 0 Å². The van der Waals surface area contributed by atoms with Gasteiger partial charge in [0.1, 0.15) is 5.75 Å². The molecule has 138 valence electrons. The molecule has 0 bridgehead atoms. The quantitative estimate of drug-likeness (QED) is 0.737. The molecule has 0 heterocycles. The predicted octanol–water partition coefficient (Wildman–Crippen LogP) is 4.71. The molecule has 0 aliphatic rings. The minimum Gasteiger partial charge on any atom is -0.493 e. The molecule has 0 saturated heterocycles. The minimum absolute atomic E-state index is 0.105. The van der Waals surface area contributed by atoms with E-state index in [1.54, 1.807) is 25.1 Å². The van der Waals surface area contributed by atoms with Crippen molar-refractivity contribution in [3.63, 3.8) is 0 Å². The minimum atomic E-state index is -0.212. The van der Waals surface area contributed by atoms with Gasteiger partial charge < -0.3 is 15.4 Å². The van der Waals surface area contributed by atoms with Gasteiger partial charge in [-0.15, -0.1) is 0 Å². The average Bonchev–Trinajstić information content (AvgIpc) is 2.59. The molecular weight excluding hydrogens is 352 g/mol. The first-order chi connectivity index (χ1) is 12.4. The lowest BCUT2D eigenvalue weighted by molar-refractivity contribution is -0.117.